The molecule has 1 aliphatic rings. The number of phenolic OH excluding ortho intramolecular Hbond substituents is 1. The Morgan fingerprint density at radius 1 is 1.33 bits per heavy atom. The Morgan fingerprint density at radius 2 is 2.08 bits per heavy atom. The number of carboxylic acid groups (broad SMARTS) is 1. The SMILES string of the molecule is COCCOCCOc1cccc(C2=NC(C)(C(=O)O)CO2)c1O. The normalized spacial score (nSPS) is 19.7. The van der Waals surface area contributed by atoms with E-state index in [-0.39, 0.29) is 36.2 Å². The first-order chi connectivity index (χ1) is 11.5. The highest BCUT2D eigenvalue weighted by Crippen LogP contribution is 2.33. The summed E-state index contributed by atoms with van der Waals surface area (Å²) in [5.41, 5.74) is -1.06. The molecule has 8 heteroatoms. The van der Waals surface area contributed by atoms with Gasteiger partial charge in [-0.1, -0.05) is 6.07 Å². The Labute approximate surface area is 139 Å². The average molecular weight is 339 g/mol. The number of rotatable bonds is 9. The van der Waals surface area contributed by atoms with E-state index in [9.17, 15) is 9.90 Å². The lowest BCUT2D eigenvalue weighted by molar-refractivity contribution is -0.142. The van der Waals surface area contributed by atoms with Gasteiger partial charge in [0.2, 0.25) is 5.90 Å². The maximum absolute atomic E-state index is 11.2. The fourth-order valence-electron chi connectivity index (χ4n) is 2.01. The zero-order chi connectivity index (χ0) is 17.6. The summed E-state index contributed by atoms with van der Waals surface area (Å²) in [7, 11) is 1.59. The summed E-state index contributed by atoms with van der Waals surface area (Å²) in [5.74, 6) is -0.905. The van der Waals surface area contributed by atoms with Gasteiger partial charge in [0.15, 0.2) is 17.0 Å². The molecule has 0 aliphatic carbocycles. The van der Waals surface area contributed by atoms with Crippen LogP contribution >= 0.6 is 0 Å². The van der Waals surface area contributed by atoms with Crippen molar-refractivity contribution in [2.45, 2.75) is 12.5 Å². The number of nitrogens with zero attached hydrogens (tertiary/aromatic N) is 1. The molecule has 0 bridgehead atoms. The number of methoxy groups -OCH3 is 1. The third kappa shape index (κ3) is 4.15. The molecular formula is C16H21NO7. The maximum atomic E-state index is 11.2. The zero-order valence-corrected chi connectivity index (χ0v) is 13.7. The molecule has 132 valence electrons. The van der Waals surface area contributed by atoms with Crippen LogP contribution in [0.15, 0.2) is 23.2 Å². The number of aliphatic imine (C=N–C) groups is 1. The predicted molar refractivity (Wildman–Crippen MR) is 84.8 cm³/mol. The molecule has 1 atom stereocenters. The van der Waals surface area contributed by atoms with Crippen molar-refractivity contribution in [2.24, 2.45) is 4.99 Å². The smallest absolute Gasteiger partial charge is 0.335 e. The van der Waals surface area contributed by atoms with Crippen LogP contribution in [0.2, 0.25) is 0 Å². The molecule has 0 aromatic heterocycles. The molecule has 24 heavy (non-hydrogen) atoms. The van der Waals surface area contributed by atoms with E-state index in [1.54, 1.807) is 25.3 Å². The van der Waals surface area contributed by atoms with E-state index in [0.717, 1.165) is 0 Å². The molecule has 0 radical (unpaired) electrons. The number of benzene rings is 1. The van der Waals surface area contributed by atoms with Crippen LogP contribution < -0.4 is 4.74 Å². The summed E-state index contributed by atoms with van der Waals surface area (Å²) in [6.45, 7) is 2.93. The van der Waals surface area contributed by atoms with Crippen LogP contribution in [0.4, 0.5) is 0 Å². The molecule has 2 N–H and O–H groups in total. The first-order valence-electron chi connectivity index (χ1n) is 7.46. The largest absolute Gasteiger partial charge is 0.504 e. The van der Waals surface area contributed by atoms with Crippen LogP contribution in [-0.4, -0.2) is 67.8 Å². The topological polar surface area (TPSA) is 107 Å². The number of hydrogen-bond acceptors (Lipinski definition) is 7. The second-order valence-electron chi connectivity index (χ2n) is 5.39. The molecule has 1 unspecified atom stereocenters. The third-order valence-electron chi connectivity index (χ3n) is 3.45. The minimum atomic E-state index is -1.35. The van der Waals surface area contributed by atoms with Gasteiger partial charge in [0.25, 0.3) is 0 Å². The number of carbonyl (C=O) groups is 1. The van der Waals surface area contributed by atoms with E-state index >= 15 is 0 Å². The second-order valence-corrected chi connectivity index (χ2v) is 5.39. The fourth-order valence-corrected chi connectivity index (χ4v) is 2.01. The van der Waals surface area contributed by atoms with Crippen molar-refractivity contribution >= 4 is 11.9 Å². The van der Waals surface area contributed by atoms with Gasteiger partial charge < -0.3 is 29.2 Å². The van der Waals surface area contributed by atoms with E-state index in [4.69, 9.17) is 24.1 Å². The first-order valence-corrected chi connectivity index (χ1v) is 7.46. The van der Waals surface area contributed by atoms with Gasteiger partial charge in [-0.15, -0.1) is 0 Å². The number of carboxylic acids is 1. The van der Waals surface area contributed by atoms with Gasteiger partial charge in [-0.25, -0.2) is 9.79 Å². The number of aliphatic carboxylic acids is 1. The molecule has 0 amide bonds. The van der Waals surface area contributed by atoms with Crippen molar-refractivity contribution in [3.05, 3.63) is 23.8 Å². The predicted octanol–water partition coefficient (Wildman–Crippen LogP) is 1.05. The number of ether oxygens (including phenoxy) is 4. The quantitative estimate of drug-likeness (QED) is 0.648. The van der Waals surface area contributed by atoms with Gasteiger partial charge in [-0.05, 0) is 19.1 Å². The Kier molecular flexibility index (Phi) is 5.99. The van der Waals surface area contributed by atoms with Crippen molar-refractivity contribution in [3.63, 3.8) is 0 Å². The Bertz CT molecular complexity index is 616. The van der Waals surface area contributed by atoms with E-state index in [2.05, 4.69) is 4.99 Å². The molecular weight excluding hydrogens is 318 g/mol. The molecule has 1 aromatic carbocycles. The molecule has 8 nitrogen and oxygen atoms in total. The molecule has 1 aliphatic heterocycles. The highest BCUT2D eigenvalue weighted by atomic mass is 16.5. The molecule has 2 rings (SSSR count). The van der Waals surface area contributed by atoms with Crippen LogP contribution in [0, 0.1) is 0 Å². The van der Waals surface area contributed by atoms with Crippen molar-refractivity contribution in [3.8, 4) is 11.5 Å². The lowest BCUT2D eigenvalue weighted by atomic mass is 10.1. The summed E-state index contributed by atoms with van der Waals surface area (Å²) in [6, 6.07) is 4.85. The second kappa shape index (κ2) is 7.98. The highest BCUT2D eigenvalue weighted by Gasteiger charge is 2.40. The Balaban J connectivity index is 2.02. The maximum Gasteiger partial charge on any atom is 0.335 e. The van der Waals surface area contributed by atoms with Gasteiger partial charge in [0.1, 0.15) is 13.2 Å². The summed E-state index contributed by atoms with van der Waals surface area (Å²) < 4.78 is 20.9. The standard InChI is InChI=1S/C16H21NO7/c1-16(15(19)20)10-24-14(17-16)11-4-3-5-12(13(11)18)23-9-8-22-7-6-21-2/h3-5,18H,6-10H2,1-2H3,(H,19,20). The van der Waals surface area contributed by atoms with E-state index < -0.39 is 11.5 Å². The van der Waals surface area contributed by atoms with Gasteiger partial charge in [-0.2, -0.15) is 0 Å². The molecule has 0 fully saturated rings. The Morgan fingerprint density at radius 3 is 2.75 bits per heavy atom. The molecule has 0 saturated heterocycles. The minimum Gasteiger partial charge on any atom is -0.504 e. The number of phenols is 1. The van der Waals surface area contributed by atoms with E-state index in [1.807, 2.05) is 0 Å². The first kappa shape index (κ1) is 18.0. The van der Waals surface area contributed by atoms with E-state index in [0.29, 0.717) is 19.8 Å². The van der Waals surface area contributed by atoms with Crippen LogP contribution in [0.5, 0.6) is 11.5 Å². The molecule has 0 spiro atoms. The van der Waals surface area contributed by atoms with Crippen LogP contribution in [0.1, 0.15) is 12.5 Å². The van der Waals surface area contributed by atoms with Crippen molar-refractivity contribution in [2.75, 3.05) is 40.1 Å². The number of para-hydroxylation sites is 1. The summed E-state index contributed by atoms with van der Waals surface area (Å²) >= 11 is 0. The monoisotopic (exact) mass is 339 g/mol. The van der Waals surface area contributed by atoms with Crippen LogP contribution in [0.25, 0.3) is 0 Å². The van der Waals surface area contributed by atoms with Crippen LogP contribution in [0.3, 0.4) is 0 Å². The number of aromatic hydroxyl groups is 1. The van der Waals surface area contributed by atoms with Crippen molar-refractivity contribution in [1.29, 1.82) is 0 Å². The third-order valence-corrected chi connectivity index (χ3v) is 3.45. The van der Waals surface area contributed by atoms with Gasteiger partial charge in [0, 0.05) is 7.11 Å². The molecule has 1 aromatic rings. The number of hydrogen-bond donors (Lipinski definition) is 2. The van der Waals surface area contributed by atoms with Gasteiger partial charge in [0.05, 0.1) is 25.4 Å². The zero-order valence-electron chi connectivity index (χ0n) is 13.7. The van der Waals surface area contributed by atoms with Gasteiger partial charge >= 0.3 is 5.97 Å². The Hall–Kier alpha value is -2.32. The minimum absolute atomic E-state index is 0.0826. The van der Waals surface area contributed by atoms with Crippen LogP contribution in [-0.2, 0) is 19.0 Å². The van der Waals surface area contributed by atoms with Gasteiger partial charge in [-0.3, -0.25) is 0 Å². The average Bonchev–Trinajstić information content (AvgIpc) is 2.96. The summed E-state index contributed by atoms with van der Waals surface area (Å²) in [6.07, 6.45) is 0. The van der Waals surface area contributed by atoms with Crippen molar-refractivity contribution < 1.29 is 34.0 Å². The van der Waals surface area contributed by atoms with Crippen molar-refractivity contribution in [1.82, 2.24) is 0 Å². The lowest BCUT2D eigenvalue weighted by Crippen LogP contribution is -2.34. The fraction of sp³-hybridized carbons (Fsp3) is 0.500. The summed E-state index contributed by atoms with van der Waals surface area (Å²) in [4.78, 5) is 15.3. The molecule has 1 heterocycles. The highest BCUT2D eigenvalue weighted by molar-refractivity contribution is 6.01. The lowest BCUT2D eigenvalue weighted by Gasteiger charge is -2.11. The van der Waals surface area contributed by atoms with E-state index in [1.165, 1.54) is 6.92 Å². The summed E-state index contributed by atoms with van der Waals surface area (Å²) in [5, 5.41) is 19.5. The molecule has 0 saturated carbocycles.